The van der Waals surface area contributed by atoms with Gasteiger partial charge in [-0.1, -0.05) is 61.5 Å². The van der Waals surface area contributed by atoms with Crippen LogP contribution in [-0.2, 0) is 6.42 Å². The zero-order valence-electron chi connectivity index (χ0n) is 18.5. The van der Waals surface area contributed by atoms with Crippen molar-refractivity contribution in [3.63, 3.8) is 0 Å². The molecular formula is C27H26N4O. The number of hydrogen-bond acceptors (Lipinski definition) is 4. The molecule has 0 aliphatic rings. The Labute approximate surface area is 188 Å². The Morgan fingerprint density at radius 1 is 0.875 bits per heavy atom. The van der Waals surface area contributed by atoms with E-state index in [-0.39, 0.29) is 5.91 Å². The van der Waals surface area contributed by atoms with Gasteiger partial charge in [0.1, 0.15) is 11.6 Å². The molecule has 3 aromatic carbocycles. The van der Waals surface area contributed by atoms with Gasteiger partial charge in [0.25, 0.3) is 5.91 Å². The maximum atomic E-state index is 13.0. The van der Waals surface area contributed by atoms with E-state index in [1.54, 1.807) is 0 Å². The van der Waals surface area contributed by atoms with Gasteiger partial charge in [0.2, 0.25) is 0 Å². The second-order valence-corrected chi connectivity index (χ2v) is 7.67. The Morgan fingerprint density at radius 3 is 2.44 bits per heavy atom. The molecule has 1 aromatic heterocycles. The van der Waals surface area contributed by atoms with Gasteiger partial charge in [0.15, 0.2) is 0 Å². The fourth-order valence-corrected chi connectivity index (χ4v) is 3.66. The summed E-state index contributed by atoms with van der Waals surface area (Å²) in [7, 11) is 0. The Kier molecular flexibility index (Phi) is 6.26. The van der Waals surface area contributed by atoms with E-state index in [0.29, 0.717) is 17.2 Å². The Balaban J connectivity index is 1.57. The van der Waals surface area contributed by atoms with Crippen LogP contribution >= 0.6 is 0 Å². The van der Waals surface area contributed by atoms with Crippen LogP contribution in [0.2, 0.25) is 0 Å². The van der Waals surface area contributed by atoms with Crippen LogP contribution in [-0.4, -0.2) is 15.9 Å². The lowest BCUT2D eigenvalue weighted by molar-refractivity contribution is 0.102. The monoisotopic (exact) mass is 422 g/mol. The van der Waals surface area contributed by atoms with Crippen molar-refractivity contribution in [2.24, 2.45) is 0 Å². The highest BCUT2D eigenvalue weighted by molar-refractivity contribution is 6.05. The molecule has 0 bridgehead atoms. The number of nitrogens with one attached hydrogen (secondary N) is 2. The normalized spacial score (nSPS) is 10.6. The molecule has 0 fully saturated rings. The lowest BCUT2D eigenvalue weighted by Gasteiger charge is -2.14. The third-order valence-electron chi connectivity index (χ3n) is 5.28. The summed E-state index contributed by atoms with van der Waals surface area (Å²) in [5.74, 6) is 1.22. The largest absolute Gasteiger partial charge is 0.340 e. The third-order valence-corrected chi connectivity index (χ3v) is 5.28. The van der Waals surface area contributed by atoms with Crippen molar-refractivity contribution in [1.82, 2.24) is 9.97 Å². The molecule has 160 valence electrons. The predicted molar refractivity (Wildman–Crippen MR) is 130 cm³/mol. The Bertz CT molecular complexity index is 1250. The van der Waals surface area contributed by atoms with Crippen LogP contribution < -0.4 is 10.6 Å². The molecule has 0 aliphatic carbocycles. The predicted octanol–water partition coefficient (Wildman–Crippen LogP) is 6.32. The molecule has 0 atom stereocenters. The molecule has 0 radical (unpaired) electrons. The number of amides is 1. The fourth-order valence-electron chi connectivity index (χ4n) is 3.66. The van der Waals surface area contributed by atoms with Crippen molar-refractivity contribution in [3.05, 3.63) is 101 Å². The maximum Gasteiger partial charge on any atom is 0.255 e. The van der Waals surface area contributed by atoms with Crippen molar-refractivity contribution in [1.29, 1.82) is 0 Å². The molecule has 1 amide bonds. The van der Waals surface area contributed by atoms with Crippen LogP contribution in [0.4, 0.5) is 17.2 Å². The molecule has 0 spiro atoms. The number of hydrogen-bond donors (Lipinski definition) is 2. The average Bonchev–Trinajstić information content (AvgIpc) is 2.80. The number of rotatable bonds is 6. The first kappa shape index (κ1) is 21.2. The minimum Gasteiger partial charge on any atom is -0.340 e. The molecule has 0 saturated heterocycles. The number of nitrogens with zero attached hydrogens (tertiary/aromatic N) is 2. The quantitative estimate of drug-likeness (QED) is 0.382. The van der Waals surface area contributed by atoms with Gasteiger partial charge in [-0.3, -0.25) is 4.79 Å². The van der Waals surface area contributed by atoms with Crippen molar-refractivity contribution in [3.8, 4) is 11.3 Å². The Hall–Kier alpha value is -3.99. The van der Waals surface area contributed by atoms with E-state index in [0.717, 1.165) is 40.2 Å². The molecule has 1 heterocycles. The molecule has 2 N–H and O–H groups in total. The first-order valence-corrected chi connectivity index (χ1v) is 10.7. The van der Waals surface area contributed by atoms with Gasteiger partial charge in [0, 0.05) is 28.6 Å². The highest BCUT2D eigenvalue weighted by atomic mass is 16.1. The number of carbonyl (C=O) groups is 1. The van der Waals surface area contributed by atoms with E-state index < -0.39 is 0 Å². The van der Waals surface area contributed by atoms with Crippen molar-refractivity contribution >= 4 is 23.1 Å². The maximum absolute atomic E-state index is 13.0. The van der Waals surface area contributed by atoms with E-state index >= 15 is 0 Å². The van der Waals surface area contributed by atoms with Gasteiger partial charge in [-0.25, -0.2) is 9.97 Å². The third kappa shape index (κ3) is 4.83. The van der Waals surface area contributed by atoms with Gasteiger partial charge >= 0.3 is 0 Å². The first-order valence-electron chi connectivity index (χ1n) is 10.7. The molecular weight excluding hydrogens is 396 g/mol. The Morgan fingerprint density at radius 2 is 1.66 bits per heavy atom. The lowest BCUT2D eigenvalue weighted by atomic mass is 10.1. The number of benzene rings is 3. The van der Waals surface area contributed by atoms with Crippen molar-refractivity contribution in [2.75, 3.05) is 10.6 Å². The minimum atomic E-state index is -0.138. The van der Waals surface area contributed by atoms with Crippen LogP contribution in [0.15, 0.2) is 78.9 Å². The number of aromatic nitrogens is 2. The van der Waals surface area contributed by atoms with E-state index in [1.165, 1.54) is 0 Å². The summed E-state index contributed by atoms with van der Waals surface area (Å²) in [6, 6.07) is 25.4. The van der Waals surface area contributed by atoms with E-state index in [1.807, 2.05) is 92.7 Å². The van der Waals surface area contributed by atoms with Crippen LogP contribution in [0, 0.1) is 13.8 Å². The zero-order chi connectivity index (χ0) is 22.5. The zero-order valence-corrected chi connectivity index (χ0v) is 18.5. The molecule has 0 unspecified atom stereocenters. The topological polar surface area (TPSA) is 66.9 Å². The smallest absolute Gasteiger partial charge is 0.255 e. The summed E-state index contributed by atoms with van der Waals surface area (Å²) in [4.78, 5) is 22.0. The summed E-state index contributed by atoms with van der Waals surface area (Å²) in [5, 5.41) is 6.40. The van der Waals surface area contributed by atoms with Crippen LogP contribution in [0.5, 0.6) is 0 Å². The SMILES string of the molecule is CCc1cccc(C)c1NC(=O)c1cccc(Nc2cc(-c3ccccc3)nc(C)n2)c1. The van der Waals surface area contributed by atoms with Crippen LogP contribution in [0.3, 0.4) is 0 Å². The number of anilines is 3. The van der Waals surface area contributed by atoms with Crippen molar-refractivity contribution < 1.29 is 4.79 Å². The molecule has 4 rings (SSSR count). The van der Waals surface area contributed by atoms with E-state index in [4.69, 9.17) is 0 Å². The second kappa shape index (κ2) is 9.43. The van der Waals surface area contributed by atoms with E-state index in [2.05, 4.69) is 27.5 Å². The molecule has 0 saturated carbocycles. The number of carbonyl (C=O) groups excluding carboxylic acids is 1. The number of aryl methyl sites for hydroxylation is 3. The minimum absolute atomic E-state index is 0.138. The summed E-state index contributed by atoms with van der Waals surface area (Å²) >= 11 is 0. The highest BCUT2D eigenvalue weighted by Crippen LogP contribution is 2.24. The number of para-hydroxylation sites is 1. The van der Waals surface area contributed by atoms with Gasteiger partial charge < -0.3 is 10.6 Å². The standard InChI is InChI=1S/C27H26N4O/c1-4-20-13-8-10-18(2)26(20)31-27(32)22-14-9-15-23(16-22)30-25-17-24(28-19(3)29-25)21-11-6-5-7-12-21/h5-17H,4H2,1-3H3,(H,31,32)(H,28,29,30). The second-order valence-electron chi connectivity index (χ2n) is 7.67. The van der Waals surface area contributed by atoms with Gasteiger partial charge in [-0.15, -0.1) is 0 Å². The summed E-state index contributed by atoms with van der Waals surface area (Å²) in [6.45, 7) is 5.96. The van der Waals surface area contributed by atoms with Crippen LogP contribution in [0.1, 0.15) is 34.2 Å². The molecule has 0 aliphatic heterocycles. The lowest BCUT2D eigenvalue weighted by Crippen LogP contribution is -2.14. The fraction of sp³-hybridized carbons (Fsp3) is 0.148. The average molecular weight is 423 g/mol. The van der Waals surface area contributed by atoms with Gasteiger partial charge in [0.05, 0.1) is 5.69 Å². The summed E-state index contributed by atoms with van der Waals surface area (Å²) in [5.41, 5.74) is 6.30. The summed E-state index contributed by atoms with van der Waals surface area (Å²) in [6.07, 6.45) is 0.857. The van der Waals surface area contributed by atoms with Gasteiger partial charge in [-0.2, -0.15) is 0 Å². The van der Waals surface area contributed by atoms with Crippen molar-refractivity contribution in [2.45, 2.75) is 27.2 Å². The van der Waals surface area contributed by atoms with E-state index in [9.17, 15) is 4.79 Å². The molecule has 5 heteroatoms. The first-order chi connectivity index (χ1) is 15.5. The molecule has 32 heavy (non-hydrogen) atoms. The van der Waals surface area contributed by atoms with Crippen LogP contribution in [0.25, 0.3) is 11.3 Å². The highest BCUT2D eigenvalue weighted by Gasteiger charge is 2.12. The molecule has 4 aromatic rings. The van der Waals surface area contributed by atoms with Gasteiger partial charge in [-0.05, 0) is 49.6 Å². The summed E-state index contributed by atoms with van der Waals surface area (Å²) < 4.78 is 0. The molecule has 5 nitrogen and oxygen atoms in total.